The van der Waals surface area contributed by atoms with Gasteiger partial charge in [-0.3, -0.25) is 24.7 Å². The van der Waals surface area contributed by atoms with Crippen LogP contribution in [0.1, 0.15) is 40.0 Å². The number of alkyl halides is 2. The van der Waals surface area contributed by atoms with Crippen LogP contribution in [0.3, 0.4) is 0 Å². The molecule has 4 aliphatic carbocycles. The van der Waals surface area contributed by atoms with Crippen molar-refractivity contribution in [3.05, 3.63) is 53.1 Å². The number of hydrogen-bond donors (Lipinski definition) is 2. The minimum Gasteiger partial charge on any atom is -0.390 e. The molecule has 10 heteroatoms. The van der Waals surface area contributed by atoms with Crippen LogP contribution in [0.4, 0.5) is 14.5 Å². The van der Waals surface area contributed by atoms with Crippen molar-refractivity contribution in [1.29, 1.82) is 0 Å². The monoisotopic (exact) mass is 593 g/mol. The Kier molecular flexibility index (Phi) is 7.60. The molecule has 4 aliphatic rings. The van der Waals surface area contributed by atoms with Crippen molar-refractivity contribution in [2.45, 2.75) is 58.0 Å². The summed E-state index contributed by atoms with van der Waals surface area (Å²) in [5.74, 6) is -3.18. The summed E-state index contributed by atoms with van der Waals surface area (Å²) in [7, 11) is 0. The summed E-state index contributed by atoms with van der Waals surface area (Å²) in [4.78, 5) is 37.5. The van der Waals surface area contributed by atoms with Gasteiger partial charge in [-0.15, -0.1) is 0 Å². The summed E-state index contributed by atoms with van der Waals surface area (Å²) in [5, 5.41) is 23.8. The van der Waals surface area contributed by atoms with Crippen LogP contribution in [0.25, 0.3) is 0 Å². The van der Waals surface area contributed by atoms with Gasteiger partial charge < -0.3 is 5.11 Å². The number of aliphatic hydroxyl groups excluding tert-OH is 1. The normalized spacial score (nSPS) is 40.1. The number of aliphatic hydroxyl groups is 1. The van der Waals surface area contributed by atoms with E-state index in [1.807, 2.05) is 6.92 Å². The van der Waals surface area contributed by atoms with E-state index in [-0.39, 0.29) is 41.6 Å². The number of halogens is 3. The molecular weight excluding hydrogens is 560 g/mol. The molecule has 216 valence electrons. The maximum atomic E-state index is 17.5. The fourth-order valence-corrected chi connectivity index (χ4v) is 9.34. The molecule has 0 spiro atoms. The average molecular weight is 594 g/mol. The smallest absolute Gasteiger partial charge is 0.193 e. The molecule has 0 radical (unpaired) electrons. The lowest BCUT2D eigenvalue weighted by Gasteiger charge is -2.62. The Labute approximate surface area is 241 Å². The van der Waals surface area contributed by atoms with E-state index in [9.17, 15) is 24.7 Å². The molecular formula is C30H34ClF2NO5S. The van der Waals surface area contributed by atoms with Crippen LogP contribution in [0.2, 0.25) is 5.02 Å². The van der Waals surface area contributed by atoms with E-state index >= 15 is 8.78 Å². The number of fused-ring (bicyclic) bond motifs is 5. The number of carbonyl (C=O) groups is 3. The molecule has 1 aromatic carbocycles. The first kappa shape index (κ1) is 29.4. The van der Waals surface area contributed by atoms with Crippen LogP contribution in [-0.4, -0.2) is 57.2 Å². The minimum atomic E-state index is -2.26. The maximum absolute atomic E-state index is 17.5. The molecule has 0 aromatic heterocycles. The summed E-state index contributed by atoms with van der Waals surface area (Å²) >= 11 is 6.89. The average Bonchev–Trinajstić information content (AvgIpc) is 3.17. The number of benzene rings is 1. The van der Waals surface area contributed by atoms with E-state index in [1.54, 1.807) is 31.2 Å². The SMILES string of the molecule is CC(=O)CSC(=O)C1C(CN(O)c2ccc(Cl)cc2)CC2C3CC(F)C4=CC(=O)C=CC4(C)C3(F)C(O)CC21C. The number of nitrogens with zero attached hydrogens (tertiary/aromatic N) is 1. The van der Waals surface area contributed by atoms with Crippen LogP contribution in [0.15, 0.2) is 48.1 Å². The summed E-state index contributed by atoms with van der Waals surface area (Å²) in [5.41, 5.74) is -4.17. The number of allylic oxidation sites excluding steroid dienone is 4. The second kappa shape index (κ2) is 10.3. The molecule has 1 aromatic rings. The summed E-state index contributed by atoms with van der Waals surface area (Å²) in [6.45, 7) is 4.83. The van der Waals surface area contributed by atoms with Gasteiger partial charge in [-0.05, 0) is 92.4 Å². The van der Waals surface area contributed by atoms with E-state index in [2.05, 4.69) is 0 Å². The highest BCUT2D eigenvalue weighted by Gasteiger charge is 2.73. The molecule has 3 fully saturated rings. The Morgan fingerprint density at radius 2 is 1.85 bits per heavy atom. The van der Waals surface area contributed by atoms with Gasteiger partial charge in [0.1, 0.15) is 12.0 Å². The molecule has 40 heavy (non-hydrogen) atoms. The Bertz CT molecular complexity index is 1290. The first-order valence-electron chi connectivity index (χ1n) is 13.6. The highest BCUT2D eigenvalue weighted by molar-refractivity contribution is 8.14. The first-order chi connectivity index (χ1) is 18.7. The summed E-state index contributed by atoms with van der Waals surface area (Å²) < 4.78 is 33.2. The predicted molar refractivity (Wildman–Crippen MR) is 150 cm³/mol. The topological polar surface area (TPSA) is 94.9 Å². The molecule has 0 heterocycles. The van der Waals surface area contributed by atoms with Crippen LogP contribution < -0.4 is 5.06 Å². The number of anilines is 1. The van der Waals surface area contributed by atoms with Gasteiger partial charge in [0.25, 0.3) is 0 Å². The Balaban J connectivity index is 1.54. The van der Waals surface area contributed by atoms with Crippen molar-refractivity contribution >= 4 is 45.7 Å². The van der Waals surface area contributed by atoms with Crippen LogP contribution in [0, 0.1) is 34.5 Å². The van der Waals surface area contributed by atoms with Gasteiger partial charge in [-0.1, -0.05) is 36.4 Å². The second-order valence-corrected chi connectivity index (χ2v) is 13.7. The van der Waals surface area contributed by atoms with Gasteiger partial charge in [-0.25, -0.2) is 8.78 Å². The highest BCUT2D eigenvalue weighted by atomic mass is 35.5. The van der Waals surface area contributed by atoms with Crippen molar-refractivity contribution in [3.8, 4) is 0 Å². The van der Waals surface area contributed by atoms with Crippen LogP contribution in [0.5, 0.6) is 0 Å². The number of Topliss-reactive ketones (excluding diaryl/α,β-unsaturated/α-hetero) is 1. The lowest BCUT2D eigenvalue weighted by Crippen LogP contribution is -2.68. The van der Waals surface area contributed by atoms with Crippen molar-refractivity contribution < 1.29 is 33.5 Å². The third-order valence-electron chi connectivity index (χ3n) is 10.0. The van der Waals surface area contributed by atoms with Gasteiger partial charge in [0.2, 0.25) is 0 Å². The van der Waals surface area contributed by atoms with E-state index in [0.29, 0.717) is 17.1 Å². The number of rotatable bonds is 6. The Hall–Kier alpha value is -2.07. The molecule has 0 aliphatic heterocycles. The van der Waals surface area contributed by atoms with Gasteiger partial charge in [0, 0.05) is 28.8 Å². The van der Waals surface area contributed by atoms with Gasteiger partial charge >= 0.3 is 0 Å². The molecule has 2 N–H and O–H groups in total. The Morgan fingerprint density at radius 1 is 1.18 bits per heavy atom. The van der Waals surface area contributed by atoms with Crippen molar-refractivity contribution in [1.82, 2.24) is 0 Å². The molecule has 0 bridgehead atoms. The summed E-state index contributed by atoms with van der Waals surface area (Å²) in [6.07, 6.45) is 0.738. The zero-order valence-electron chi connectivity index (χ0n) is 22.6. The van der Waals surface area contributed by atoms with Gasteiger partial charge in [0.05, 0.1) is 17.5 Å². The zero-order chi connectivity index (χ0) is 29.2. The van der Waals surface area contributed by atoms with Crippen molar-refractivity contribution in [2.75, 3.05) is 17.4 Å². The quantitative estimate of drug-likeness (QED) is 0.418. The third kappa shape index (κ3) is 4.48. The van der Waals surface area contributed by atoms with E-state index in [0.717, 1.165) is 22.9 Å². The lowest BCUT2D eigenvalue weighted by atomic mass is 9.45. The fraction of sp³-hybridized carbons (Fsp3) is 0.567. The Morgan fingerprint density at radius 3 is 2.50 bits per heavy atom. The van der Waals surface area contributed by atoms with Gasteiger partial charge in [0.15, 0.2) is 16.6 Å². The highest BCUT2D eigenvalue weighted by Crippen LogP contribution is 2.70. The number of carbonyl (C=O) groups excluding carboxylic acids is 3. The number of hydroxylamine groups is 1. The van der Waals surface area contributed by atoms with E-state index < -0.39 is 58.2 Å². The minimum absolute atomic E-state index is 0.0144. The number of hydrogen-bond acceptors (Lipinski definition) is 7. The van der Waals surface area contributed by atoms with Crippen LogP contribution in [-0.2, 0) is 14.4 Å². The van der Waals surface area contributed by atoms with Crippen LogP contribution >= 0.6 is 23.4 Å². The second-order valence-electron chi connectivity index (χ2n) is 12.3. The molecule has 0 amide bonds. The molecule has 3 saturated carbocycles. The molecule has 9 unspecified atom stereocenters. The summed E-state index contributed by atoms with van der Waals surface area (Å²) in [6, 6.07) is 6.55. The first-order valence-corrected chi connectivity index (χ1v) is 14.9. The zero-order valence-corrected chi connectivity index (χ0v) is 24.2. The van der Waals surface area contributed by atoms with Crippen molar-refractivity contribution in [3.63, 3.8) is 0 Å². The largest absolute Gasteiger partial charge is 0.390 e. The molecule has 0 saturated heterocycles. The fourth-order valence-electron chi connectivity index (χ4n) is 8.23. The van der Waals surface area contributed by atoms with Gasteiger partial charge in [-0.2, -0.15) is 0 Å². The number of ketones is 2. The maximum Gasteiger partial charge on any atom is 0.193 e. The van der Waals surface area contributed by atoms with E-state index in [1.165, 1.54) is 19.1 Å². The predicted octanol–water partition coefficient (Wildman–Crippen LogP) is 5.55. The molecule has 6 nitrogen and oxygen atoms in total. The van der Waals surface area contributed by atoms with E-state index in [4.69, 9.17) is 11.6 Å². The molecule has 5 rings (SSSR count). The lowest BCUT2D eigenvalue weighted by molar-refractivity contribution is -0.201. The standard InChI is InChI=1S/C30H34ClF2NO5S/c1-16(35)15-40-27(38)26-17(14-34(39)19-6-4-18(31)5-7-19)10-21-22-12-24(32)23-11-20(36)8-9-29(23,3)30(22,33)25(37)13-28(21,26)2/h4-9,11,17,21-22,24-26,37,39H,10,12-15H2,1-3H3. The third-order valence-corrected chi connectivity index (χ3v) is 11.3. The van der Waals surface area contributed by atoms with Crippen molar-refractivity contribution in [2.24, 2.45) is 34.5 Å². The molecule has 9 atom stereocenters. The number of thioether (sulfide) groups is 1.